The summed E-state index contributed by atoms with van der Waals surface area (Å²) in [5.41, 5.74) is 0.795. The van der Waals surface area contributed by atoms with Crippen LogP contribution >= 0.6 is 25.3 Å². The second-order valence-corrected chi connectivity index (χ2v) is 2.59. The van der Waals surface area contributed by atoms with E-state index in [1.807, 2.05) is 6.07 Å². The summed E-state index contributed by atoms with van der Waals surface area (Å²) in [6, 6.07) is 1.82. The molecule has 0 aliphatic carbocycles. The van der Waals surface area contributed by atoms with Crippen molar-refractivity contribution in [2.24, 2.45) is 0 Å². The SMILES string of the molecule is Sc1cc2nnn1c2S. The van der Waals surface area contributed by atoms with Gasteiger partial charge in [0.25, 0.3) is 0 Å². The number of nitrogens with zero attached hydrogens (tertiary/aromatic N) is 3. The maximum atomic E-state index is 4.12. The van der Waals surface area contributed by atoms with Gasteiger partial charge in [-0.05, 0) is 0 Å². The summed E-state index contributed by atoms with van der Waals surface area (Å²) in [6.45, 7) is 0. The Kier molecular flexibility index (Phi) is 0.921. The molecule has 46 valence electrons. The summed E-state index contributed by atoms with van der Waals surface area (Å²) in [7, 11) is 0. The lowest BCUT2D eigenvalue weighted by molar-refractivity contribution is 0.734. The zero-order valence-electron chi connectivity index (χ0n) is 4.31. The fourth-order valence-electron chi connectivity index (χ4n) is 0.720. The molecule has 0 amide bonds. The summed E-state index contributed by atoms with van der Waals surface area (Å²) in [5, 5.41) is 9.04. The predicted molar refractivity (Wildman–Crippen MR) is 38.7 cm³/mol. The third-order valence-corrected chi connectivity index (χ3v) is 1.89. The van der Waals surface area contributed by atoms with E-state index >= 15 is 0 Å². The first-order chi connectivity index (χ1) is 4.29. The number of thiol groups is 2. The van der Waals surface area contributed by atoms with Crippen LogP contribution in [0.15, 0.2) is 16.1 Å². The van der Waals surface area contributed by atoms with Gasteiger partial charge in [-0.3, -0.25) is 0 Å². The fourth-order valence-corrected chi connectivity index (χ4v) is 1.32. The number of rotatable bonds is 0. The molecule has 0 N–H and O–H groups in total. The molecule has 2 aromatic heterocycles. The highest BCUT2D eigenvalue weighted by Crippen LogP contribution is 2.20. The van der Waals surface area contributed by atoms with Crippen molar-refractivity contribution in [2.75, 3.05) is 0 Å². The summed E-state index contributed by atoms with van der Waals surface area (Å²) in [6.07, 6.45) is 0. The number of fused-ring (bicyclic) bond motifs is 2. The van der Waals surface area contributed by atoms with E-state index in [9.17, 15) is 0 Å². The Morgan fingerprint density at radius 2 is 2.22 bits per heavy atom. The number of aromatic nitrogens is 3. The van der Waals surface area contributed by atoms with Crippen LogP contribution in [0.2, 0.25) is 0 Å². The Labute approximate surface area is 62.2 Å². The Hall–Kier alpha value is -0.420. The zero-order valence-corrected chi connectivity index (χ0v) is 6.10. The molecule has 5 heteroatoms. The quantitative estimate of drug-likeness (QED) is 0.553. The highest BCUT2D eigenvalue weighted by Gasteiger charge is 2.07. The van der Waals surface area contributed by atoms with E-state index in [1.165, 1.54) is 0 Å². The number of hydrogen-bond acceptors (Lipinski definition) is 4. The van der Waals surface area contributed by atoms with E-state index in [0.29, 0.717) is 0 Å². The van der Waals surface area contributed by atoms with Crippen LogP contribution in [0.5, 0.6) is 0 Å². The van der Waals surface area contributed by atoms with E-state index in [4.69, 9.17) is 0 Å². The van der Waals surface area contributed by atoms with E-state index < -0.39 is 0 Å². The molecule has 0 fully saturated rings. The molecule has 9 heavy (non-hydrogen) atoms. The maximum absolute atomic E-state index is 4.12. The Bertz CT molecular complexity index is 328. The topological polar surface area (TPSA) is 30.2 Å². The van der Waals surface area contributed by atoms with Crippen LogP contribution in [0.1, 0.15) is 0 Å². The van der Waals surface area contributed by atoms with Gasteiger partial charge in [-0.2, -0.15) is 0 Å². The Morgan fingerprint density at radius 1 is 1.44 bits per heavy atom. The molecular weight excluding hydrogens is 154 g/mol. The van der Waals surface area contributed by atoms with Gasteiger partial charge in [-0.1, -0.05) is 5.21 Å². The first kappa shape index (κ1) is 5.37. The number of hydrogen-bond donors (Lipinski definition) is 2. The molecule has 0 atom stereocenters. The third-order valence-electron chi connectivity index (χ3n) is 1.15. The summed E-state index contributed by atoms with van der Waals surface area (Å²) in [4.78, 5) is 0. The van der Waals surface area contributed by atoms with Gasteiger partial charge in [0.15, 0.2) is 0 Å². The second-order valence-electron chi connectivity index (χ2n) is 1.71. The molecule has 2 heterocycles. The zero-order chi connectivity index (χ0) is 6.43. The fraction of sp³-hybridized carbons (Fsp3) is 0. The van der Waals surface area contributed by atoms with Crippen LogP contribution in [0.4, 0.5) is 0 Å². The molecule has 0 saturated heterocycles. The van der Waals surface area contributed by atoms with Crippen molar-refractivity contribution in [3.63, 3.8) is 0 Å². The van der Waals surface area contributed by atoms with E-state index in [2.05, 4.69) is 35.6 Å². The lowest BCUT2D eigenvalue weighted by Crippen LogP contribution is -1.86. The minimum Gasteiger partial charge on any atom is -0.200 e. The highest BCUT2D eigenvalue weighted by molar-refractivity contribution is 7.81. The molecular formula is C4H3N3S2. The first-order valence-corrected chi connectivity index (χ1v) is 3.24. The molecule has 0 spiro atoms. The van der Waals surface area contributed by atoms with Crippen LogP contribution in [0, 0.1) is 0 Å². The van der Waals surface area contributed by atoms with Crippen LogP contribution in [-0.4, -0.2) is 14.8 Å². The van der Waals surface area contributed by atoms with Gasteiger partial charge in [0, 0.05) is 6.07 Å². The van der Waals surface area contributed by atoms with Gasteiger partial charge in [0.1, 0.15) is 10.5 Å². The van der Waals surface area contributed by atoms with Gasteiger partial charge in [0.2, 0.25) is 0 Å². The average Bonchev–Trinajstić information content (AvgIpc) is 2.25. The lowest BCUT2D eigenvalue weighted by Gasteiger charge is -1.84. The van der Waals surface area contributed by atoms with Crippen molar-refractivity contribution in [1.82, 2.24) is 14.8 Å². The third kappa shape index (κ3) is 0.557. The highest BCUT2D eigenvalue weighted by atomic mass is 32.1. The molecule has 0 unspecified atom stereocenters. The smallest absolute Gasteiger partial charge is 0.125 e. The van der Waals surface area contributed by atoms with Gasteiger partial charge >= 0.3 is 0 Å². The Balaban J connectivity index is 3.01. The molecule has 0 aromatic carbocycles. The normalized spacial score (nSPS) is 11.3. The molecule has 0 radical (unpaired) electrons. The molecule has 3 nitrogen and oxygen atoms in total. The molecule has 0 aliphatic heterocycles. The van der Waals surface area contributed by atoms with Gasteiger partial charge in [-0.25, -0.2) is 4.52 Å². The van der Waals surface area contributed by atoms with E-state index in [-0.39, 0.29) is 0 Å². The van der Waals surface area contributed by atoms with Gasteiger partial charge in [0.05, 0.1) is 5.03 Å². The summed E-state index contributed by atoms with van der Waals surface area (Å²) < 4.78 is 1.57. The van der Waals surface area contributed by atoms with Crippen LogP contribution < -0.4 is 0 Å². The first-order valence-electron chi connectivity index (χ1n) is 2.35. The lowest BCUT2D eigenvalue weighted by atomic mass is 10.6. The van der Waals surface area contributed by atoms with Crippen LogP contribution in [-0.2, 0) is 0 Å². The monoisotopic (exact) mass is 157 g/mol. The molecule has 2 rings (SSSR count). The van der Waals surface area contributed by atoms with Crippen LogP contribution in [0.25, 0.3) is 5.52 Å². The largest absolute Gasteiger partial charge is 0.200 e. The van der Waals surface area contributed by atoms with Crippen molar-refractivity contribution in [3.8, 4) is 0 Å². The van der Waals surface area contributed by atoms with Crippen molar-refractivity contribution in [1.29, 1.82) is 0 Å². The molecule has 0 saturated carbocycles. The van der Waals surface area contributed by atoms with Crippen LogP contribution in [0.3, 0.4) is 0 Å². The standard InChI is InChI=1S/C4H3N3S2/c8-3-1-2-4(9)7(3)6-5-2/h1,8-9H. The summed E-state index contributed by atoms with van der Waals surface area (Å²) in [5.74, 6) is 0. The Morgan fingerprint density at radius 3 is 2.44 bits per heavy atom. The predicted octanol–water partition coefficient (Wildman–Crippen LogP) is 0.744. The minimum absolute atomic E-state index is 0.764. The summed E-state index contributed by atoms with van der Waals surface area (Å²) >= 11 is 8.22. The molecule has 2 aromatic rings. The molecule has 0 aliphatic rings. The minimum atomic E-state index is 0.764. The molecule has 2 bridgehead atoms. The van der Waals surface area contributed by atoms with E-state index in [1.54, 1.807) is 4.52 Å². The van der Waals surface area contributed by atoms with Crippen molar-refractivity contribution >= 4 is 30.8 Å². The average molecular weight is 157 g/mol. The van der Waals surface area contributed by atoms with Gasteiger partial charge < -0.3 is 0 Å². The van der Waals surface area contributed by atoms with E-state index in [0.717, 1.165) is 15.6 Å². The maximum Gasteiger partial charge on any atom is 0.125 e. The van der Waals surface area contributed by atoms with Gasteiger partial charge in [-0.15, -0.1) is 30.4 Å². The van der Waals surface area contributed by atoms with Crippen molar-refractivity contribution < 1.29 is 0 Å². The second kappa shape index (κ2) is 1.54. The van der Waals surface area contributed by atoms with Crippen molar-refractivity contribution in [2.45, 2.75) is 10.1 Å². The van der Waals surface area contributed by atoms with Crippen molar-refractivity contribution in [3.05, 3.63) is 6.07 Å².